The molecule has 1 aromatic heterocycles. The summed E-state index contributed by atoms with van der Waals surface area (Å²) in [6.07, 6.45) is 1.70. The molecule has 2 aromatic carbocycles. The van der Waals surface area contributed by atoms with E-state index in [1.165, 1.54) is 11.1 Å². The molecule has 2 N–H and O–H groups in total. The number of pyridine rings is 1. The average Bonchev–Trinajstić information content (AvgIpc) is 3.28. The molecule has 8 heteroatoms. The van der Waals surface area contributed by atoms with Crippen LogP contribution in [0.4, 0.5) is 0 Å². The van der Waals surface area contributed by atoms with Gasteiger partial charge >= 0.3 is 0 Å². The Morgan fingerprint density at radius 2 is 1.97 bits per heavy atom. The van der Waals surface area contributed by atoms with Crippen LogP contribution in [0.1, 0.15) is 30.0 Å². The molecule has 0 radical (unpaired) electrons. The van der Waals surface area contributed by atoms with Gasteiger partial charge in [0.25, 0.3) is 5.56 Å². The highest BCUT2D eigenvalue weighted by Crippen LogP contribution is 2.35. The number of ether oxygens (including phenoxy) is 3. The van der Waals surface area contributed by atoms with Crippen LogP contribution in [-0.4, -0.2) is 48.1 Å². The van der Waals surface area contributed by atoms with Gasteiger partial charge in [-0.3, -0.25) is 4.79 Å². The molecule has 1 aliphatic heterocycles. The highest BCUT2D eigenvalue weighted by Gasteiger charge is 2.17. The normalized spacial score (nSPS) is 12.2. The van der Waals surface area contributed by atoms with Crippen LogP contribution >= 0.6 is 12.2 Å². The van der Waals surface area contributed by atoms with Crippen LogP contribution in [-0.2, 0) is 17.7 Å². The molecule has 0 aliphatic carbocycles. The minimum atomic E-state index is -0.133. The average molecular weight is 482 g/mol. The Kier molecular flexibility index (Phi) is 8.03. The van der Waals surface area contributed by atoms with Gasteiger partial charge in [-0.15, -0.1) is 0 Å². The third-order valence-corrected chi connectivity index (χ3v) is 6.32. The second-order valence-electron chi connectivity index (χ2n) is 8.30. The first kappa shape index (κ1) is 24.0. The zero-order chi connectivity index (χ0) is 23.9. The van der Waals surface area contributed by atoms with E-state index >= 15 is 0 Å². The predicted octanol–water partition coefficient (Wildman–Crippen LogP) is 3.91. The first-order chi connectivity index (χ1) is 16.5. The Morgan fingerprint density at radius 3 is 2.76 bits per heavy atom. The minimum absolute atomic E-state index is 0.133. The summed E-state index contributed by atoms with van der Waals surface area (Å²) in [6, 6.07) is 14.0. The van der Waals surface area contributed by atoms with Crippen molar-refractivity contribution in [2.75, 3.05) is 33.1 Å². The number of aromatic amines is 1. The maximum absolute atomic E-state index is 12.9. The molecule has 0 atom stereocenters. The van der Waals surface area contributed by atoms with Crippen molar-refractivity contribution in [3.05, 3.63) is 69.5 Å². The number of hydrogen-bond donors (Lipinski definition) is 2. The maximum Gasteiger partial charge on any atom is 0.253 e. The number of fused-ring (bicyclic) bond motifs is 2. The van der Waals surface area contributed by atoms with Crippen LogP contribution in [0.5, 0.6) is 11.5 Å². The zero-order valence-electron chi connectivity index (χ0n) is 19.7. The smallest absolute Gasteiger partial charge is 0.253 e. The van der Waals surface area contributed by atoms with Crippen molar-refractivity contribution < 1.29 is 14.2 Å². The van der Waals surface area contributed by atoms with Gasteiger partial charge in [-0.25, -0.2) is 0 Å². The van der Waals surface area contributed by atoms with Gasteiger partial charge in [-0.1, -0.05) is 24.3 Å². The minimum Gasteiger partial charge on any atom is -0.454 e. The fourth-order valence-corrected chi connectivity index (χ4v) is 4.25. The van der Waals surface area contributed by atoms with Crippen LogP contribution in [0.3, 0.4) is 0 Å². The van der Waals surface area contributed by atoms with E-state index in [-0.39, 0.29) is 12.4 Å². The molecular formula is C26H31N3O4S. The van der Waals surface area contributed by atoms with E-state index in [4.69, 9.17) is 26.4 Å². The van der Waals surface area contributed by atoms with Crippen LogP contribution < -0.4 is 20.3 Å². The van der Waals surface area contributed by atoms with Crippen molar-refractivity contribution in [1.82, 2.24) is 15.2 Å². The lowest BCUT2D eigenvalue weighted by molar-refractivity contribution is 0.145. The number of rotatable bonds is 10. The fraction of sp³-hybridized carbons (Fsp3) is 0.385. The molecule has 180 valence electrons. The maximum atomic E-state index is 12.9. The molecule has 3 aromatic rings. The fourth-order valence-electron chi connectivity index (χ4n) is 3.99. The number of nitrogens with zero attached hydrogens (tertiary/aromatic N) is 1. The number of H-pyrrole nitrogens is 1. The summed E-state index contributed by atoms with van der Waals surface area (Å²) in [5.74, 6) is 1.33. The van der Waals surface area contributed by atoms with Crippen LogP contribution in [0.15, 0.2) is 47.3 Å². The lowest BCUT2D eigenvalue weighted by Gasteiger charge is -2.26. The van der Waals surface area contributed by atoms with Gasteiger partial charge in [0.05, 0.1) is 12.1 Å². The van der Waals surface area contributed by atoms with Gasteiger partial charge in [0.15, 0.2) is 16.6 Å². The Morgan fingerprint density at radius 1 is 1.18 bits per heavy atom. The van der Waals surface area contributed by atoms with E-state index in [1.807, 2.05) is 31.2 Å². The summed E-state index contributed by atoms with van der Waals surface area (Å²) in [5.41, 5.74) is 3.76. The second-order valence-corrected chi connectivity index (χ2v) is 8.68. The molecule has 0 bridgehead atoms. The zero-order valence-corrected chi connectivity index (χ0v) is 20.5. The first-order valence-corrected chi connectivity index (χ1v) is 12.1. The van der Waals surface area contributed by atoms with Crippen LogP contribution in [0, 0.1) is 6.92 Å². The van der Waals surface area contributed by atoms with Crippen molar-refractivity contribution in [1.29, 1.82) is 0 Å². The highest BCUT2D eigenvalue weighted by molar-refractivity contribution is 7.80. The van der Waals surface area contributed by atoms with Crippen molar-refractivity contribution in [2.24, 2.45) is 0 Å². The summed E-state index contributed by atoms with van der Waals surface area (Å²) in [5, 5.41) is 4.86. The van der Waals surface area contributed by atoms with Gasteiger partial charge in [-0.05, 0) is 62.2 Å². The van der Waals surface area contributed by atoms with Gasteiger partial charge < -0.3 is 29.4 Å². The van der Waals surface area contributed by atoms with Crippen LogP contribution in [0.25, 0.3) is 10.9 Å². The van der Waals surface area contributed by atoms with E-state index in [0.717, 1.165) is 30.3 Å². The molecule has 1 aliphatic rings. The molecule has 0 saturated heterocycles. The third kappa shape index (κ3) is 5.87. The Bertz CT molecular complexity index is 1210. The molecule has 4 rings (SSSR count). The summed E-state index contributed by atoms with van der Waals surface area (Å²) < 4.78 is 16.3. The molecule has 0 unspecified atom stereocenters. The van der Waals surface area contributed by atoms with Gasteiger partial charge in [-0.2, -0.15) is 0 Å². The van der Waals surface area contributed by atoms with Crippen molar-refractivity contribution in [3.63, 3.8) is 0 Å². The predicted molar refractivity (Wildman–Crippen MR) is 138 cm³/mol. The van der Waals surface area contributed by atoms with Crippen molar-refractivity contribution >= 4 is 28.2 Å². The van der Waals surface area contributed by atoms with E-state index in [0.29, 0.717) is 48.5 Å². The number of hydrogen-bond acceptors (Lipinski definition) is 5. The largest absolute Gasteiger partial charge is 0.454 e. The lowest BCUT2D eigenvalue weighted by Crippen LogP contribution is -2.42. The number of nitrogens with one attached hydrogen (secondary N) is 2. The topological polar surface area (TPSA) is 75.8 Å². The highest BCUT2D eigenvalue weighted by atomic mass is 32.1. The van der Waals surface area contributed by atoms with Crippen molar-refractivity contribution in [2.45, 2.75) is 33.2 Å². The first-order valence-electron chi connectivity index (χ1n) is 11.7. The van der Waals surface area contributed by atoms with Gasteiger partial charge in [0.1, 0.15) is 0 Å². The molecule has 0 spiro atoms. The molecule has 0 amide bonds. The van der Waals surface area contributed by atoms with E-state index < -0.39 is 0 Å². The second kappa shape index (κ2) is 11.4. The van der Waals surface area contributed by atoms with Gasteiger partial charge in [0.2, 0.25) is 6.79 Å². The summed E-state index contributed by atoms with van der Waals surface area (Å²) in [4.78, 5) is 18.0. The van der Waals surface area contributed by atoms with Gasteiger partial charge in [0, 0.05) is 43.3 Å². The summed E-state index contributed by atoms with van der Waals surface area (Å²) in [7, 11) is 0. The molecule has 0 fully saturated rings. The quantitative estimate of drug-likeness (QED) is 0.336. The van der Waals surface area contributed by atoms with E-state index in [1.54, 1.807) is 0 Å². The molecule has 34 heavy (non-hydrogen) atoms. The summed E-state index contributed by atoms with van der Waals surface area (Å²) in [6.45, 7) is 7.51. The molecule has 0 saturated carbocycles. The standard InChI is InChI=1S/C26H31N3O4S/c1-3-31-12-6-10-27-26(34)29(11-9-19-8-5-4-7-18(19)2)16-21-13-20-14-23-24(33-17-32-23)15-22(20)28-25(21)30/h4-5,7-8,13-15H,3,6,9-12,16-17H2,1-2H3,(H,27,34)(H,28,30). The molecule has 2 heterocycles. The number of benzene rings is 2. The number of aryl methyl sites for hydroxylation is 1. The number of aromatic nitrogens is 1. The Balaban J connectivity index is 1.52. The Hall–Kier alpha value is -3.10. The van der Waals surface area contributed by atoms with Crippen molar-refractivity contribution in [3.8, 4) is 11.5 Å². The monoisotopic (exact) mass is 481 g/mol. The third-order valence-electron chi connectivity index (χ3n) is 5.92. The summed E-state index contributed by atoms with van der Waals surface area (Å²) >= 11 is 5.73. The SMILES string of the molecule is CCOCCCNC(=S)N(CCc1ccccc1C)Cc1cc2cc3c(cc2[nH]c1=O)OCO3. The lowest BCUT2D eigenvalue weighted by atomic mass is 10.1. The number of thiocarbonyl (C=S) groups is 1. The van der Waals surface area contributed by atoms with E-state index in [9.17, 15) is 4.79 Å². The van der Waals surface area contributed by atoms with Crippen LogP contribution in [0.2, 0.25) is 0 Å². The van der Waals surface area contributed by atoms with E-state index in [2.05, 4.69) is 40.3 Å². The molecule has 7 nitrogen and oxygen atoms in total. The Labute approximate surface area is 205 Å². The molecular weight excluding hydrogens is 450 g/mol.